The van der Waals surface area contributed by atoms with Gasteiger partial charge in [-0.3, -0.25) is 13.5 Å². The molecule has 1 atom stereocenters. The Labute approximate surface area is 202 Å². The second-order valence-electron chi connectivity index (χ2n) is 8.12. The van der Waals surface area contributed by atoms with Gasteiger partial charge < -0.3 is 4.90 Å². The van der Waals surface area contributed by atoms with Gasteiger partial charge in [-0.25, -0.2) is 8.42 Å². The Morgan fingerprint density at radius 1 is 1.06 bits per heavy atom. The summed E-state index contributed by atoms with van der Waals surface area (Å²) in [5.74, 6) is 0.462. The molecule has 2 aromatic carbocycles. The molecule has 1 aliphatic rings. The fraction of sp³-hybridized carbons (Fsp3) is 0.208. The predicted octanol–water partition coefficient (Wildman–Crippen LogP) is 4.19. The number of aromatic nitrogens is 3. The molecule has 0 unspecified atom stereocenters. The van der Waals surface area contributed by atoms with E-state index in [2.05, 4.69) is 10.2 Å². The number of benzene rings is 2. The first-order valence-electron chi connectivity index (χ1n) is 10.8. The summed E-state index contributed by atoms with van der Waals surface area (Å²) in [4.78, 5) is 15.3. The van der Waals surface area contributed by atoms with E-state index in [1.54, 1.807) is 41.3 Å². The fourth-order valence-corrected chi connectivity index (χ4v) is 5.71. The molecule has 0 N–H and O–H groups in total. The zero-order chi connectivity index (χ0) is 23.9. The lowest BCUT2D eigenvalue weighted by Gasteiger charge is -2.24. The Kier molecular flexibility index (Phi) is 5.75. The van der Waals surface area contributed by atoms with Gasteiger partial charge in [0.2, 0.25) is 0 Å². The third-order valence-corrected chi connectivity index (χ3v) is 8.08. The van der Waals surface area contributed by atoms with Crippen molar-refractivity contribution in [3.8, 4) is 0 Å². The summed E-state index contributed by atoms with van der Waals surface area (Å²) in [6, 6.07) is 18.1. The SMILES string of the molecule is CN(c1cccc(Cl)c1)S(=O)(=O)c1cccc(C(=O)N2CCC[C@H]2c2nnc3ccccn23)c1. The molecule has 2 aromatic heterocycles. The molecule has 5 rings (SSSR count). The smallest absolute Gasteiger partial charge is 0.264 e. The number of hydrogen-bond acceptors (Lipinski definition) is 5. The second-order valence-corrected chi connectivity index (χ2v) is 10.5. The molecule has 1 amide bonds. The van der Waals surface area contributed by atoms with Crippen LogP contribution in [-0.2, 0) is 10.0 Å². The van der Waals surface area contributed by atoms with Crippen molar-refractivity contribution in [2.24, 2.45) is 0 Å². The van der Waals surface area contributed by atoms with E-state index in [-0.39, 0.29) is 16.8 Å². The van der Waals surface area contributed by atoms with E-state index < -0.39 is 10.0 Å². The van der Waals surface area contributed by atoms with Gasteiger partial charge in [0.05, 0.1) is 16.6 Å². The number of anilines is 1. The van der Waals surface area contributed by atoms with Crippen LogP contribution in [0.3, 0.4) is 0 Å². The highest BCUT2D eigenvalue weighted by molar-refractivity contribution is 7.92. The first-order valence-corrected chi connectivity index (χ1v) is 12.6. The van der Waals surface area contributed by atoms with Crippen LogP contribution in [0.15, 0.2) is 77.8 Å². The van der Waals surface area contributed by atoms with E-state index in [1.165, 1.54) is 19.2 Å². The van der Waals surface area contributed by atoms with Crippen molar-refractivity contribution in [3.63, 3.8) is 0 Å². The van der Waals surface area contributed by atoms with E-state index in [1.807, 2.05) is 28.8 Å². The maximum Gasteiger partial charge on any atom is 0.264 e. The van der Waals surface area contributed by atoms with Crippen molar-refractivity contribution < 1.29 is 13.2 Å². The van der Waals surface area contributed by atoms with E-state index in [9.17, 15) is 13.2 Å². The Morgan fingerprint density at radius 2 is 1.88 bits per heavy atom. The zero-order valence-corrected chi connectivity index (χ0v) is 19.9. The summed E-state index contributed by atoms with van der Waals surface area (Å²) >= 11 is 6.03. The third-order valence-electron chi connectivity index (χ3n) is 6.06. The van der Waals surface area contributed by atoms with Crippen molar-refractivity contribution in [3.05, 3.63) is 89.3 Å². The molecular weight excluding hydrogens is 474 g/mol. The van der Waals surface area contributed by atoms with E-state index in [4.69, 9.17) is 11.6 Å². The molecule has 0 spiro atoms. The Morgan fingerprint density at radius 3 is 2.71 bits per heavy atom. The number of amides is 1. The minimum atomic E-state index is -3.90. The van der Waals surface area contributed by atoms with Gasteiger partial charge >= 0.3 is 0 Å². The van der Waals surface area contributed by atoms with Crippen molar-refractivity contribution in [1.29, 1.82) is 0 Å². The molecule has 0 radical (unpaired) electrons. The van der Waals surface area contributed by atoms with Gasteiger partial charge in [-0.1, -0.05) is 29.8 Å². The highest BCUT2D eigenvalue weighted by atomic mass is 35.5. The van der Waals surface area contributed by atoms with Gasteiger partial charge in [-0.15, -0.1) is 10.2 Å². The summed E-state index contributed by atoms with van der Waals surface area (Å²) in [5, 5.41) is 8.98. The maximum atomic E-state index is 13.5. The molecule has 4 aromatic rings. The molecule has 34 heavy (non-hydrogen) atoms. The maximum absolute atomic E-state index is 13.5. The largest absolute Gasteiger partial charge is 0.328 e. The van der Waals surface area contributed by atoms with E-state index in [0.717, 1.165) is 17.1 Å². The van der Waals surface area contributed by atoms with Gasteiger partial charge in [0.15, 0.2) is 11.5 Å². The lowest BCUT2D eigenvalue weighted by atomic mass is 10.1. The van der Waals surface area contributed by atoms with Crippen molar-refractivity contribution in [1.82, 2.24) is 19.5 Å². The summed E-state index contributed by atoms with van der Waals surface area (Å²) in [6.45, 7) is 0.560. The van der Waals surface area contributed by atoms with E-state index in [0.29, 0.717) is 34.3 Å². The number of nitrogens with zero attached hydrogens (tertiary/aromatic N) is 5. The fourth-order valence-electron chi connectivity index (χ4n) is 4.29. The van der Waals surface area contributed by atoms with E-state index >= 15 is 0 Å². The van der Waals surface area contributed by atoms with Crippen LogP contribution in [-0.4, -0.2) is 47.4 Å². The minimum absolute atomic E-state index is 0.0319. The lowest BCUT2D eigenvalue weighted by molar-refractivity contribution is 0.0729. The Hall–Kier alpha value is -3.43. The van der Waals surface area contributed by atoms with Gasteiger partial charge in [0.1, 0.15) is 0 Å². The normalized spacial score (nSPS) is 16.2. The Balaban J connectivity index is 1.45. The van der Waals surface area contributed by atoms with Crippen LogP contribution >= 0.6 is 11.6 Å². The molecule has 174 valence electrons. The monoisotopic (exact) mass is 495 g/mol. The van der Waals surface area contributed by atoms with Crippen LogP contribution in [0, 0.1) is 0 Å². The number of pyridine rings is 1. The summed E-state index contributed by atoms with van der Waals surface area (Å²) in [6.07, 6.45) is 3.47. The molecular formula is C24H22ClN5O3S. The van der Waals surface area contributed by atoms with Crippen LogP contribution in [0.2, 0.25) is 5.02 Å². The molecule has 0 saturated carbocycles. The number of halogens is 1. The van der Waals surface area contributed by atoms with Crippen molar-refractivity contribution in [2.45, 2.75) is 23.8 Å². The molecule has 10 heteroatoms. The number of carbonyl (C=O) groups excluding carboxylic acids is 1. The van der Waals surface area contributed by atoms with Crippen LogP contribution < -0.4 is 4.31 Å². The minimum Gasteiger partial charge on any atom is -0.328 e. The first kappa shape index (κ1) is 22.4. The molecule has 1 aliphatic heterocycles. The molecule has 1 fully saturated rings. The van der Waals surface area contributed by atoms with Crippen LogP contribution in [0.1, 0.15) is 35.1 Å². The molecule has 3 heterocycles. The average molecular weight is 496 g/mol. The predicted molar refractivity (Wildman–Crippen MR) is 129 cm³/mol. The van der Waals surface area contributed by atoms with Gasteiger partial charge in [-0.2, -0.15) is 0 Å². The van der Waals surface area contributed by atoms with Crippen molar-refractivity contribution in [2.75, 3.05) is 17.9 Å². The number of rotatable bonds is 5. The average Bonchev–Trinajstić information content (AvgIpc) is 3.50. The second kappa shape index (κ2) is 8.73. The number of likely N-dealkylation sites (tertiary alicyclic amines) is 1. The molecule has 0 aliphatic carbocycles. The lowest BCUT2D eigenvalue weighted by Crippen LogP contribution is -2.32. The summed E-state index contributed by atoms with van der Waals surface area (Å²) in [5.41, 5.74) is 1.46. The number of fused-ring (bicyclic) bond motifs is 1. The third kappa shape index (κ3) is 3.91. The molecule has 0 bridgehead atoms. The van der Waals surface area contributed by atoms with Gasteiger partial charge in [0, 0.05) is 30.4 Å². The highest BCUT2D eigenvalue weighted by Crippen LogP contribution is 2.33. The van der Waals surface area contributed by atoms with Crippen LogP contribution in [0.4, 0.5) is 5.69 Å². The van der Waals surface area contributed by atoms with Gasteiger partial charge in [0.25, 0.3) is 15.9 Å². The van der Waals surface area contributed by atoms with Crippen LogP contribution in [0.5, 0.6) is 0 Å². The molecule has 8 nitrogen and oxygen atoms in total. The Bertz CT molecular complexity index is 1490. The number of hydrogen-bond donors (Lipinski definition) is 0. The topological polar surface area (TPSA) is 87.9 Å². The number of sulfonamides is 1. The van der Waals surface area contributed by atoms with Crippen LogP contribution in [0.25, 0.3) is 5.65 Å². The first-order chi connectivity index (χ1) is 16.4. The van der Waals surface area contributed by atoms with Gasteiger partial charge in [-0.05, 0) is 61.4 Å². The molecule has 1 saturated heterocycles. The summed E-state index contributed by atoms with van der Waals surface area (Å²) < 4.78 is 29.6. The van der Waals surface area contributed by atoms with Crippen molar-refractivity contribution >= 4 is 38.9 Å². The zero-order valence-electron chi connectivity index (χ0n) is 18.4. The quantitative estimate of drug-likeness (QED) is 0.414. The highest BCUT2D eigenvalue weighted by Gasteiger charge is 2.34. The standard InChI is InChI=1S/C24H22ClN5O3S/c1-28(19-9-5-8-18(25)16-19)34(32,33)20-10-4-7-17(15-20)24(31)29-14-6-11-21(29)23-27-26-22-12-2-3-13-30(22)23/h2-5,7-10,12-13,15-16,21H,6,11,14H2,1H3/t21-/m0/s1. The number of carbonyl (C=O) groups is 1. The summed E-state index contributed by atoms with van der Waals surface area (Å²) in [7, 11) is -2.44.